The molecule has 5 nitrogen and oxygen atoms in total. The fraction of sp³-hybridized carbons (Fsp3) is 0. The van der Waals surface area contributed by atoms with E-state index in [4.69, 9.17) is 0 Å². The van der Waals surface area contributed by atoms with Gasteiger partial charge >= 0.3 is 5.69 Å². The van der Waals surface area contributed by atoms with E-state index in [-0.39, 0.29) is 5.56 Å². The van der Waals surface area contributed by atoms with Crippen LogP contribution in [0.2, 0.25) is 0 Å². The van der Waals surface area contributed by atoms with E-state index in [1.54, 1.807) is 48.5 Å². The number of aliphatic imine (C=N–C) groups is 1. The van der Waals surface area contributed by atoms with Crippen molar-refractivity contribution < 1.29 is 0 Å². The van der Waals surface area contributed by atoms with Crippen molar-refractivity contribution in [1.82, 2.24) is 9.55 Å². The molecule has 0 unspecified atom stereocenters. The molecule has 1 N–H and O–H groups in total. The van der Waals surface area contributed by atoms with Gasteiger partial charge in [0.1, 0.15) is 0 Å². The fourth-order valence-corrected chi connectivity index (χ4v) is 2.23. The van der Waals surface area contributed by atoms with Crippen LogP contribution < -0.4 is 11.2 Å². The zero-order valence-electron chi connectivity index (χ0n) is 10.7. The van der Waals surface area contributed by atoms with Gasteiger partial charge in [0, 0.05) is 0 Å². The number of H-pyrrole nitrogens is 1. The molecule has 1 heterocycles. The Morgan fingerprint density at radius 2 is 1.76 bits per heavy atom. The number of para-hydroxylation sites is 1. The number of rotatable bonds is 2. The molecule has 0 amide bonds. The van der Waals surface area contributed by atoms with Gasteiger partial charge in [0.15, 0.2) is 0 Å². The molecule has 3 aromatic rings. The van der Waals surface area contributed by atoms with Crippen molar-refractivity contribution in [3.8, 4) is 5.69 Å². The highest BCUT2D eigenvalue weighted by molar-refractivity contribution is 7.78. The normalized spacial score (nSPS) is 10.3. The van der Waals surface area contributed by atoms with Crippen LogP contribution in [-0.2, 0) is 0 Å². The molecule has 0 saturated carbocycles. The molecule has 0 radical (unpaired) electrons. The number of thiocarbonyl (C=S) groups is 1. The number of benzene rings is 2. The van der Waals surface area contributed by atoms with Gasteiger partial charge in [-0.3, -0.25) is 4.79 Å². The molecule has 2 aromatic carbocycles. The summed E-state index contributed by atoms with van der Waals surface area (Å²) in [6.45, 7) is 0. The van der Waals surface area contributed by atoms with Gasteiger partial charge in [0.2, 0.25) is 0 Å². The first-order chi connectivity index (χ1) is 10.2. The van der Waals surface area contributed by atoms with E-state index in [0.29, 0.717) is 22.3 Å². The molecule has 0 atom stereocenters. The topological polar surface area (TPSA) is 67.2 Å². The Labute approximate surface area is 124 Å². The fourth-order valence-electron chi connectivity index (χ4n) is 2.13. The molecule has 1 aromatic heterocycles. The number of aromatic amines is 1. The summed E-state index contributed by atoms with van der Waals surface area (Å²) in [7, 11) is 0. The molecule has 0 saturated heterocycles. The molecule has 0 bridgehead atoms. The summed E-state index contributed by atoms with van der Waals surface area (Å²) in [4.78, 5) is 31.1. The van der Waals surface area contributed by atoms with Crippen molar-refractivity contribution in [2.24, 2.45) is 4.99 Å². The van der Waals surface area contributed by atoms with Crippen LogP contribution in [0.4, 0.5) is 5.69 Å². The van der Waals surface area contributed by atoms with Crippen LogP contribution in [0.25, 0.3) is 16.6 Å². The molecule has 3 rings (SSSR count). The molecule has 0 spiro atoms. The van der Waals surface area contributed by atoms with Crippen molar-refractivity contribution >= 4 is 34.0 Å². The van der Waals surface area contributed by atoms with Gasteiger partial charge in [-0.05, 0) is 48.6 Å². The van der Waals surface area contributed by atoms with E-state index in [9.17, 15) is 9.59 Å². The minimum Gasteiger partial charge on any atom is -0.306 e. The Morgan fingerprint density at radius 1 is 1.05 bits per heavy atom. The largest absolute Gasteiger partial charge is 0.333 e. The highest BCUT2D eigenvalue weighted by Crippen LogP contribution is 2.14. The molecule has 6 heteroatoms. The van der Waals surface area contributed by atoms with Gasteiger partial charge in [-0.1, -0.05) is 12.1 Å². The van der Waals surface area contributed by atoms with Gasteiger partial charge in [-0.2, -0.15) is 4.99 Å². The summed E-state index contributed by atoms with van der Waals surface area (Å²) in [5.41, 5.74) is 0.755. The van der Waals surface area contributed by atoms with Crippen LogP contribution in [-0.4, -0.2) is 14.7 Å². The van der Waals surface area contributed by atoms with Crippen LogP contribution in [0.1, 0.15) is 0 Å². The minimum atomic E-state index is -0.482. The lowest BCUT2D eigenvalue weighted by Gasteiger charge is -2.06. The van der Waals surface area contributed by atoms with Crippen molar-refractivity contribution in [3.05, 3.63) is 69.4 Å². The maximum atomic E-state index is 12.5. The number of nitrogens with zero attached hydrogens (tertiary/aromatic N) is 2. The number of nitrogens with one attached hydrogen (secondary N) is 1. The molecule has 102 valence electrons. The van der Waals surface area contributed by atoms with Gasteiger partial charge in [-0.15, -0.1) is 0 Å². The average Bonchev–Trinajstić information content (AvgIpc) is 2.49. The first-order valence-electron chi connectivity index (χ1n) is 6.13. The van der Waals surface area contributed by atoms with Gasteiger partial charge < -0.3 is 4.98 Å². The molecule has 21 heavy (non-hydrogen) atoms. The monoisotopic (exact) mass is 295 g/mol. The van der Waals surface area contributed by atoms with Crippen LogP contribution in [0, 0.1) is 0 Å². The van der Waals surface area contributed by atoms with Gasteiger partial charge in [-0.25, -0.2) is 9.36 Å². The summed E-state index contributed by atoms with van der Waals surface area (Å²) < 4.78 is 1.09. The van der Waals surface area contributed by atoms with Crippen molar-refractivity contribution in [1.29, 1.82) is 0 Å². The van der Waals surface area contributed by atoms with E-state index in [0.717, 1.165) is 4.57 Å². The zero-order chi connectivity index (χ0) is 14.8. The van der Waals surface area contributed by atoms with Crippen molar-refractivity contribution in [2.75, 3.05) is 0 Å². The highest BCUT2D eigenvalue weighted by atomic mass is 32.1. The zero-order valence-corrected chi connectivity index (χ0v) is 11.6. The first kappa shape index (κ1) is 13.2. The van der Waals surface area contributed by atoms with Crippen LogP contribution in [0.15, 0.2) is 63.1 Å². The third kappa shape index (κ3) is 2.33. The second-order valence-corrected chi connectivity index (χ2v) is 4.52. The van der Waals surface area contributed by atoms with Crippen LogP contribution in [0.5, 0.6) is 0 Å². The summed E-state index contributed by atoms with van der Waals surface area (Å²) in [5, 5.41) is 2.72. The Morgan fingerprint density at radius 3 is 2.48 bits per heavy atom. The molecule has 0 aliphatic rings. The van der Waals surface area contributed by atoms with Crippen LogP contribution in [0.3, 0.4) is 0 Å². The Kier molecular flexibility index (Phi) is 3.31. The van der Waals surface area contributed by atoms with Gasteiger partial charge in [0.25, 0.3) is 5.56 Å². The summed E-state index contributed by atoms with van der Waals surface area (Å²) in [6.07, 6.45) is 0. The number of hydrogen-bond acceptors (Lipinski definition) is 4. The molecule has 0 fully saturated rings. The third-order valence-electron chi connectivity index (χ3n) is 3.09. The maximum absolute atomic E-state index is 12.5. The Balaban J connectivity index is 2.27. The van der Waals surface area contributed by atoms with E-state index in [2.05, 4.69) is 27.4 Å². The lowest BCUT2D eigenvalue weighted by Crippen LogP contribution is -2.33. The van der Waals surface area contributed by atoms with Crippen LogP contribution >= 0.6 is 12.2 Å². The number of fused-ring (bicyclic) bond motifs is 1. The lowest BCUT2D eigenvalue weighted by molar-refractivity contribution is 0.901. The number of isothiocyanates is 1. The Hall–Kier alpha value is -2.82. The van der Waals surface area contributed by atoms with E-state index < -0.39 is 5.69 Å². The second kappa shape index (κ2) is 5.28. The number of hydrogen-bond donors (Lipinski definition) is 1. The maximum Gasteiger partial charge on any atom is 0.333 e. The summed E-state index contributed by atoms with van der Waals surface area (Å²) in [6, 6.07) is 13.5. The first-order valence-corrected chi connectivity index (χ1v) is 6.54. The second-order valence-electron chi connectivity index (χ2n) is 4.34. The quantitative estimate of drug-likeness (QED) is 0.583. The summed E-state index contributed by atoms with van der Waals surface area (Å²) in [5.74, 6) is 0. The summed E-state index contributed by atoms with van der Waals surface area (Å²) >= 11 is 4.53. The minimum absolute atomic E-state index is 0.361. The predicted octanol–water partition coefficient (Wildman–Crippen LogP) is 2.41. The standard InChI is InChI=1S/C15H9N3O2S/c19-14-12-3-1-2-4-13(12)17-15(20)18(14)11-7-5-10(6-8-11)16-9-21/h1-8H,(H,17,20). The molecule has 0 aliphatic heterocycles. The van der Waals surface area contributed by atoms with E-state index in [1.807, 2.05) is 0 Å². The third-order valence-corrected chi connectivity index (χ3v) is 3.18. The highest BCUT2D eigenvalue weighted by Gasteiger charge is 2.08. The van der Waals surface area contributed by atoms with Crippen molar-refractivity contribution in [3.63, 3.8) is 0 Å². The lowest BCUT2D eigenvalue weighted by atomic mass is 10.2. The predicted molar refractivity (Wildman–Crippen MR) is 84.9 cm³/mol. The Bertz CT molecular complexity index is 980. The van der Waals surface area contributed by atoms with Crippen molar-refractivity contribution in [2.45, 2.75) is 0 Å². The molecular formula is C15H9N3O2S. The average molecular weight is 295 g/mol. The number of aromatic nitrogens is 2. The SMILES string of the molecule is O=c1[nH]c2ccccc2c(=O)n1-c1ccc(N=C=S)cc1. The van der Waals surface area contributed by atoms with Gasteiger partial charge in [0.05, 0.1) is 27.4 Å². The smallest absolute Gasteiger partial charge is 0.306 e. The van der Waals surface area contributed by atoms with E-state index >= 15 is 0 Å². The molecular weight excluding hydrogens is 286 g/mol. The molecule has 0 aliphatic carbocycles. The van der Waals surface area contributed by atoms with E-state index in [1.165, 1.54) is 0 Å².